The van der Waals surface area contributed by atoms with Gasteiger partial charge in [-0.25, -0.2) is 4.79 Å². The van der Waals surface area contributed by atoms with Crippen molar-refractivity contribution in [2.24, 2.45) is 0 Å². The van der Waals surface area contributed by atoms with E-state index < -0.39 is 5.97 Å². The average Bonchev–Trinajstić information content (AvgIpc) is 2.77. The van der Waals surface area contributed by atoms with Crippen molar-refractivity contribution in [2.45, 2.75) is 19.4 Å². The minimum atomic E-state index is -1.04. The molecule has 7 heteroatoms. The minimum absolute atomic E-state index is 0.00929. The zero-order valence-electron chi connectivity index (χ0n) is 9.93. The number of carboxylic acids is 1. The zero-order valence-corrected chi connectivity index (χ0v) is 10.7. The smallest absolute Gasteiger partial charge is 0.358 e. The van der Waals surface area contributed by atoms with Gasteiger partial charge in [-0.2, -0.15) is 11.8 Å². The predicted octanol–water partition coefficient (Wildman–Crippen LogP) is 0.709. The lowest BCUT2D eigenvalue weighted by Crippen LogP contribution is -2.21. The van der Waals surface area contributed by atoms with Gasteiger partial charge in [-0.3, -0.25) is 4.68 Å². The lowest BCUT2D eigenvalue weighted by Gasteiger charge is -2.03. The Balaban J connectivity index is 2.07. The molecule has 96 valence electrons. The van der Waals surface area contributed by atoms with Crippen LogP contribution in [-0.4, -0.2) is 51.2 Å². The summed E-state index contributed by atoms with van der Waals surface area (Å²) >= 11 is 1.86. The van der Waals surface area contributed by atoms with Crippen LogP contribution in [0.2, 0.25) is 0 Å². The van der Waals surface area contributed by atoms with E-state index in [2.05, 4.69) is 21.9 Å². The van der Waals surface area contributed by atoms with Gasteiger partial charge in [0.05, 0.1) is 12.7 Å². The number of carbonyl (C=O) groups is 1. The maximum absolute atomic E-state index is 10.6. The minimum Gasteiger partial charge on any atom is -0.476 e. The van der Waals surface area contributed by atoms with E-state index in [1.54, 1.807) is 4.68 Å². The SMILES string of the molecule is CSCCCCNCCn1cc(C(=O)O)nn1. The summed E-state index contributed by atoms with van der Waals surface area (Å²) in [6, 6.07) is 0. The molecule has 6 nitrogen and oxygen atoms in total. The maximum atomic E-state index is 10.6. The Bertz CT molecular complexity index is 343. The van der Waals surface area contributed by atoms with Gasteiger partial charge in [0.15, 0.2) is 5.69 Å². The Morgan fingerprint density at radius 2 is 2.35 bits per heavy atom. The first-order valence-corrected chi connectivity index (χ1v) is 6.96. The molecule has 1 rings (SSSR count). The van der Waals surface area contributed by atoms with Crippen LogP contribution in [-0.2, 0) is 6.54 Å². The van der Waals surface area contributed by atoms with E-state index in [0.717, 1.165) is 13.1 Å². The molecule has 0 atom stereocenters. The van der Waals surface area contributed by atoms with E-state index in [0.29, 0.717) is 6.54 Å². The van der Waals surface area contributed by atoms with Crippen LogP contribution in [0.25, 0.3) is 0 Å². The normalized spacial score (nSPS) is 10.6. The summed E-state index contributed by atoms with van der Waals surface area (Å²) < 4.78 is 1.54. The average molecular weight is 258 g/mol. The molecule has 0 saturated heterocycles. The van der Waals surface area contributed by atoms with Gasteiger partial charge in [-0.15, -0.1) is 5.10 Å². The van der Waals surface area contributed by atoms with Crippen LogP contribution in [0.1, 0.15) is 23.3 Å². The van der Waals surface area contributed by atoms with Crippen LogP contribution in [0, 0.1) is 0 Å². The monoisotopic (exact) mass is 258 g/mol. The Morgan fingerprint density at radius 1 is 1.53 bits per heavy atom. The van der Waals surface area contributed by atoms with E-state index in [1.165, 1.54) is 24.8 Å². The highest BCUT2D eigenvalue weighted by molar-refractivity contribution is 7.98. The second-order valence-corrected chi connectivity index (χ2v) is 4.61. The van der Waals surface area contributed by atoms with E-state index in [4.69, 9.17) is 5.11 Å². The summed E-state index contributed by atoms with van der Waals surface area (Å²) in [5, 5.41) is 19.2. The molecule has 0 aliphatic rings. The number of carboxylic acid groups (broad SMARTS) is 1. The quantitative estimate of drug-likeness (QED) is 0.635. The number of nitrogens with zero attached hydrogens (tertiary/aromatic N) is 3. The first-order valence-electron chi connectivity index (χ1n) is 5.57. The van der Waals surface area contributed by atoms with E-state index in [-0.39, 0.29) is 5.69 Å². The number of aromatic nitrogens is 3. The molecule has 2 N–H and O–H groups in total. The van der Waals surface area contributed by atoms with Crippen molar-refractivity contribution in [2.75, 3.05) is 25.1 Å². The number of thioether (sulfide) groups is 1. The summed E-state index contributed by atoms with van der Waals surface area (Å²) in [4.78, 5) is 10.6. The molecule has 0 aliphatic heterocycles. The van der Waals surface area contributed by atoms with Crippen molar-refractivity contribution in [3.05, 3.63) is 11.9 Å². The van der Waals surface area contributed by atoms with Crippen LogP contribution in [0.15, 0.2) is 6.20 Å². The van der Waals surface area contributed by atoms with Crippen molar-refractivity contribution >= 4 is 17.7 Å². The topological polar surface area (TPSA) is 80.0 Å². The molecule has 0 amide bonds. The molecule has 1 heterocycles. The number of nitrogens with one attached hydrogen (secondary N) is 1. The third kappa shape index (κ3) is 5.69. The summed E-state index contributed by atoms with van der Waals surface area (Å²) in [6.45, 7) is 2.41. The second-order valence-electron chi connectivity index (χ2n) is 3.62. The molecule has 0 saturated carbocycles. The largest absolute Gasteiger partial charge is 0.476 e. The molecule has 0 radical (unpaired) electrons. The predicted molar refractivity (Wildman–Crippen MR) is 67.5 cm³/mol. The molecule has 0 bridgehead atoms. The standard InChI is InChI=1S/C10H18N4O2S/c1-17-7-3-2-4-11-5-6-14-8-9(10(15)16)12-13-14/h8,11H,2-7H2,1H3,(H,15,16). The Hall–Kier alpha value is -1.08. The van der Waals surface area contributed by atoms with Gasteiger partial charge < -0.3 is 10.4 Å². The number of rotatable bonds is 9. The molecular formula is C10H18N4O2S. The van der Waals surface area contributed by atoms with Crippen LogP contribution in [0.5, 0.6) is 0 Å². The molecule has 17 heavy (non-hydrogen) atoms. The fourth-order valence-corrected chi connectivity index (χ4v) is 1.81. The van der Waals surface area contributed by atoms with E-state index in [1.807, 2.05) is 11.8 Å². The molecule has 0 spiro atoms. The molecule has 1 aromatic heterocycles. The van der Waals surface area contributed by atoms with Crippen molar-refractivity contribution in [3.63, 3.8) is 0 Å². The molecule has 0 aliphatic carbocycles. The molecule has 1 aromatic rings. The Labute approximate surface area is 105 Å². The molecule has 0 unspecified atom stereocenters. The fourth-order valence-electron chi connectivity index (χ4n) is 1.32. The van der Waals surface area contributed by atoms with Crippen molar-refractivity contribution in [1.29, 1.82) is 0 Å². The van der Waals surface area contributed by atoms with Gasteiger partial charge >= 0.3 is 5.97 Å². The summed E-state index contributed by atoms with van der Waals surface area (Å²) in [5.41, 5.74) is -0.00929. The maximum Gasteiger partial charge on any atom is 0.358 e. The lowest BCUT2D eigenvalue weighted by atomic mass is 10.3. The molecular weight excluding hydrogens is 240 g/mol. The molecule has 0 aromatic carbocycles. The third-order valence-electron chi connectivity index (χ3n) is 2.23. The van der Waals surface area contributed by atoms with Gasteiger partial charge in [0.25, 0.3) is 0 Å². The number of hydrogen-bond acceptors (Lipinski definition) is 5. The lowest BCUT2D eigenvalue weighted by molar-refractivity contribution is 0.0690. The number of aromatic carboxylic acids is 1. The van der Waals surface area contributed by atoms with Gasteiger partial charge in [0, 0.05) is 6.54 Å². The first-order chi connectivity index (χ1) is 8.24. The van der Waals surface area contributed by atoms with Crippen LogP contribution in [0.3, 0.4) is 0 Å². The van der Waals surface area contributed by atoms with Crippen molar-refractivity contribution in [3.8, 4) is 0 Å². The van der Waals surface area contributed by atoms with Crippen LogP contribution < -0.4 is 5.32 Å². The van der Waals surface area contributed by atoms with Gasteiger partial charge in [0.1, 0.15) is 0 Å². The Kier molecular flexibility index (Phi) is 6.64. The van der Waals surface area contributed by atoms with Gasteiger partial charge in [-0.1, -0.05) is 5.21 Å². The van der Waals surface area contributed by atoms with E-state index in [9.17, 15) is 4.79 Å². The summed E-state index contributed by atoms with van der Waals surface area (Å²) in [7, 11) is 0. The fraction of sp³-hybridized carbons (Fsp3) is 0.700. The first kappa shape index (κ1) is 14.0. The highest BCUT2D eigenvalue weighted by Crippen LogP contribution is 1.97. The number of hydrogen-bond donors (Lipinski definition) is 2. The third-order valence-corrected chi connectivity index (χ3v) is 2.92. The Morgan fingerprint density at radius 3 is 3.00 bits per heavy atom. The molecule has 0 fully saturated rings. The highest BCUT2D eigenvalue weighted by atomic mass is 32.2. The summed E-state index contributed by atoms with van der Waals surface area (Å²) in [5.74, 6) is 0.161. The highest BCUT2D eigenvalue weighted by Gasteiger charge is 2.07. The second kappa shape index (κ2) is 8.08. The van der Waals surface area contributed by atoms with Crippen molar-refractivity contribution < 1.29 is 9.90 Å². The van der Waals surface area contributed by atoms with E-state index >= 15 is 0 Å². The summed E-state index contributed by atoms with van der Waals surface area (Å²) in [6.07, 6.45) is 5.94. The van der Waals surface area contributed by atoms with Crippen LogP contribution >= 0.6 is 11.8 Å². The van der Waals surface area contributed by atoms with Crippen molar-refractivity contribution in [1.82, 2.24) is 20.3 Å². The zero-order chi connectivity index (χ0) is 12.5. The van der Waals surface area contributed by atoms with Gasteiger partial charge in [-0.05, 0) is 31.4 Å². The number of unbranched alkanes of at least 4 members (excludes halogenated alkanes) is 1. The van der Waals surface area contributed by atoms with Gasteiger partial charge in [0.2, 0.25) is 0 Å². The van der Waals surface area contributed by atoms with Crippen LogP contribution in [0.4, 0.5) is 0 Å².